The van der Waals surface area contributed by atoms with Gasteiger partial charge in [-0.25, -0.2) is 27.5 Å². The number of halogens is 7. The summed E-state index contributed by atoms with van der Waals surface area (Å²) in [6.45, 7) is 1.46. The standard InChI is InChI=1S/C30H22F7N5O2/c1-14(40-23-5-4-16(31)10-22(23)30(35,36)37)19-8-17(32)9-21-20(19)11-24(42(3)28(21)43)15-12-38-27(39-13-15)18-6-7-41(2)29(44)25(18)26(33)34/h4-14,26,40H,1-3H3/t14-/m1/s1. The van der Waals surface area contributed by atoms with Crippen molar-refractivity contribution in [3.05, 3.63) is 110 Å². The predicted molar refractivity (Wildman–Crippen MR) is 149 cm³/mol. The van der Waals surface area contributed by atoms with Crippen LogP contribution in [-0.2, 0) is 20.3 Å². The van der Waals surface area contributed by atoms with E-state index in [-0.39, 0.29) is 39.0 Å². The Morgan fingerprint density at radius 2 is 1.55 bits per heavy atom. The number of aromatic nitrogens is 4. The van der Waals surface area contributed by atoms with Gasteiger partial charge in [0.1, 0.15) is 11.6 Å². The van der Waals surface area contributed by atoms with Gasteiger partial charge in [-0.05, 0) is 60.3 Å². The second-order valence-electron chi connectivity index (χ2n) is 10.1. The van der Waals surface area contributed by atoms with Gasteiger partial charge in [-0.1, -0.05) is 0 Å². The normalized spacial score (nSPS) is 12.6. The second kappa shape index (κ2) is 11.2. The molecule has 0 fully saturated rings. The highest BCUT2D eigenvalue weighted by molar-refractivity contribution is 5.89. The molecule has 0 unspecified atom stereocenters. The van der Waals surface area contributed by atoms with E-state index in [0.717, 1.165) is 28.8 Å². The summed E-state index contributed by atoms with van der Waals surface area (Å²) in [5.41, 5.74) is -3.58. The first-order chi connectivity index (χ1) is 20.7. The Morgan fingerprint density at radius 1 is 0.864 bits per heavy atom. The number of alkyl halides is 5. The van der Waals surface area contributed by atoms with Crippen LogP contribution in [0.1, 0.15) is 36.1 Å². The van der Waals surface area contributed by atoms with Gasteiger partial charge in [0.15, 0.2) is 5.82 Å². The zero-order chi connectivity index (χ0) is 32.1. The first kappa shape index (κ1) is 30.4. The number of benzene rings is 2. The highest BCUT2D eigenvalue weighted by Gasteiger charge is 2.34. The Morgan fingerprint density at radius 3 is 2.18 bits per heavy atom. The summed E-state index contributed by atoms with van der Waals surface area (Å²) >= 11 is 0. The van der Waals surface area contributed by atoms with E-state index in [2.05, 4.69) is 15.3 Å². The van der Waals surface area contributed by atoms with Gasteiger partial charge in [0.25, 0.3) is 17.5 Å². The van der Waals surface area contributed by atoms with E-state index < -0.39 is 58.2 Å². The molecule has 0 bridgehead atoms. The van der Waals surface area contributed by atoms with Crippen LogP contribution in [0.3, 0.4) is 0 Å². The molecule has 5 aromatic rings. The summed E-state index contributed by atoms with van der Waals surface area (Å²) in [4.78, 5) is 33.9. The molecule has 5 rings (SSSR count). The van der Waals surface area contributed by atoms with Crippen LogP contribution in [0.4, 0.5) is 36.4 Å². The third-order valence-electron chi connectivity index (χ3n) is 7.19. The molecule has 0 aliphatic carbocycles. The van der Waals surface area contributed by atoms with Gasteiger partial charge in [-0.15, -0.1) is 0 Å². The van der Waals surface area contributed by atoms with E-state index in [9.17, 15) is 40.3 Å². The topological polar surface area (TPSA) is 81.8 Å². The molecule has 228 valence electrons. The maximum Gasteiger partial charge on any atom is 0.418 e. The van der Waals surface area contributed by atoms with Crippen LogP contribution in [0.25, 0.3) is 33.4 Å². The molecule has 0 saturated heterocycles. The number of pyridine rings is 2. The molecule has 3 aromatic heterocycles. The lowest BCUT2D eigenvalue weighted by atomic mass is 9.98. The number of hydrogen-bond donors (Lipinski definition) is 1. The van der Waals surface area contributed by atoms with Crippen LogP contribution < -0.4 is 16.4 Å². The third kappa shape index (κ3) is 5.54. The van der Waals surface area contributed by atoms with E-state index in [1.165, 1.54) is 56.3 Å². The van der Waals surface area contributed by atoms with Crippen LogP contribution in [0, 0.1) is 11.6 Å². The van der Waals surface area contributed by atoms with E-state index in [1.54, 1.807) is 0 Å². The van der Waals surface area contributed by atoms with Crippen molar-refractivity contribution in [3.8, 4) is 22.6 Å². The fourth-order valence-electron chi connectivity index (χ4n) is 4.98. The molecular formula is C30H22F7N5O2. The molecule has 0 spiro atoms. The minimum Gasteiger partial charge on any atom is -0.378 e. The minimum absolute atomic E-state index is 0.0608. The molecule has 14 heteroatoms. The number of nitrogens with zero attached hydrogens (tertiary/aromatic N) is 4. The fraction of sp³-hybridized carbons (Fsp3) is 0.200. The van der Waals surface area contributed by atoms with Crippen molar-refractivity contribution >= 4 is 16.5 Å². The van der Waals surface area contributed by atoms with Gasteiger partial charge in [0.2, 0.25) is 0 Å². The summed E-state index contributed by atoms with van der Waals surface area (Å²) < 4.78 is 98.7. The SMILES string of the molecule is C[C@@H](Nc1ccc(F)cc1C(F)(F)F)c1cc(F)cc2c(=O)n(C)c(-c3cnc(-c4ccn(C)c(=O)c4C(F)F)nc3)cc12. The van der Waals surface area contributed by atoms with Gasteiger partial charge >= 0.3 is 6.18 Å². The lowest BCUT2D eigenvalue weighted by Crippen LogP contribution is -2.22. The quantitative estimate of drug-likeness (QED) is 0.213. The van der Waals surface area contributed by atoms with E-state index in [1.807, 2.05) is 0 Å². The van der Waals surface area contributed by atoms with E-state index in [0.29, 0.717) is 6.07 Å². The number of nitrogens with one attached hydrogen (secondary N) is 1. The lowest BCUT2D eigenvalue weighted by Gasteiger charge is -2.22. The molecule has 1 atom stereocenters. The third-order valence-corrected chi connectivity index (χ3v) is 7.19. The molecule has 44 heavy (non-hydrogen) atoms. The van der Waals surface area contributed by atoms with Gasteiger partial charge in [0, 0.05) is 55.5 Å². The highest BCUT2D eigenvalue weighted by atomic mass is 19.4. The van der Waals surface area contributed by atoms with Crippen LogP contribution >= 0.6 is 0 Å². The van der Waals surface area contributed by atoms with Crippen LogP contribution in [0.2, 0.25) is 0 Å². The molecule has 3 heterocycles. The molecule has 0 radical (unpaired) electrons. The van der Waals surface area contributed by atoms with Crippen LogP contribution in [0.5, 0.6) is 0 Å². The van der Waals surface area contributed by atoms with Crippen molar-refractivity contribution in [2.24, 2.45) is 14.1 Å². The Bertz CT molecular complexity index is 2020. The molecule has 0 saturated carbocycles. The van der Waals surface area contributed by atoms with Gasteiger partial charge < -0.3 is 14.5 Å². The van der Waals surface area contributed by atoms with Crippen molar-refractivity contribution in [2.75, 3.05) is 5.32 Å². The number of rotatable bonds is 6. The molecule has 2 aromatic carbocycles. The predicted octanol–water partition coefficient (Wildman–Crippen LogP) is 6.77. The summed E-state index contributed by atoms with van der Waals surface area (Å²) in [5.74, 6) is -2.06. The summed E-state index contributed by atoms with van der Waals surface area (Å²) in [6.07, 6.45) is -4.16. The average molecular weight is 618 g/mol. The highest BCUT2D eigenvalue weighted by Crippen LogP contribution is 2.38. The van der Waals surface area contributed by atoms with Crippen molar-refractivity contribution in [2.45, 2.75) is 25.6 Å². The summed E-state index contributed by atoms with van der Waals surface area (Å²) in [5, 5.41) is 2.79. The molecular weight excluding hydrogens is 595 g/mol. The largest absolute Gasteiger partial charge is 0.418 e. The van der Waals surface area contributed by atoms with Gasteiger partial charge in [0.05, 0.1) is 22.2 Å². The monoisotopic (exact) mass is 617 g/mol. The van der Waals surface area contributed by atoms with E-state index >= 15 is 0 Å². The van der Waals surface area contributed by atoms with Crippen molar-refractivity contribution < 1.29 is 30.7 Å². The maximum atomic E-state index is 14.7. The van der Waals surface area contributed by atoms with Crippen molar-refractivity contribution in [1.29, 1.82) is 0 Å². The molecule has 1 N–H and O–H groups in total. The van der Waals surface area contributed by atoms with Gasteiger partial charge in [-0.2, -0.15) is 13.2 Å². The summed E-state index contributed by atoms with van der Waals surface area (Å²) in [6, 6.07) is 5.97. The zero-order valence-corrected chi connectivity index (χ0v) is 23.2. The maximum absolute atomic E-state index is 14.7. The zero-order valence-electron chi connectivity index (χ0n) is 23.2. The molecule has 0 aliphatic rings. The number of hydrogen-bond acceptors (Lipinski definition) is 5. The first-order valence-electron chi connectivity index (χ1n) is 12.9. The first-order valence-corrected chi connectivity index (χ1v) is 12.9. The van der Waals surface area contributed by atoms with Crippen LogP contribution in [0.15, 0.2) is 70.6 Å². The summed E-state index contributed by atoms with van der Waals surface area (Å²) in [7, 11) is 2.73. The number of fused-ring (bicyclic) bond motifs is 1. The molecule has 0 aliphatic heterocycles. The molecule has 0 amide bonds. The van der Waals surface area contributed by atoms with Gasteiger partial charge in [-0.3, -0.25) is 9.59 Å². The molecule has 7 nitrogen and oxygen atoms in total. The number of anilines is 1. The Kier molecular flexibility index (Phi) is 7.78. The fourth-order valence-corrected chi connectivity index (χ4v) is 4.98. The second-order valence-corrected chi connectivity index (χ2v) is 10.1. The lowest BCUT2D eigenvalue weighted by molar-refractivity contribution is -0.137. The minimum atomic E-state index is -4.88. The smallest absolute Gasteiger partial charge is 0.378 e. The van der Waals surface area contributed by atoms with Crippen molar-refractivity contribution in [3.63, 3.8) is 0 Å². The van der Waals surface area contributed by atoms with Crippen molar-refractivity contribution in [1.82, 2.24) is 19.1 Å². The Hall–Kier alpha value is -5.01. The Balaban J connectivity index is 1.61. The number of aryl methyl sites for hydroxylation is 1. The Labute approximate surface area is 244 Å². The average Bonchev–Trinajstić information content (AvgIpc) is 2.96. The van der Waals surface area contributed by atoms with Crippen LogP contribution in [-0.4, -0.2) is 19.1 Å². The van der Waals surface area contributed by atoms with E-state index in [4.69, 9.17) is 0 Å².